The average molecular weight is 302 g/mol. The molecule has 0 aliphatic rings. The van der Waals surface area contributed by atoms with E-state index < -0.39 is 0 Å². The van der Waals surface area contributed by atoms with Gasteiger partial charge in [0.15, 0.2) is 0 Å². The molecule has 0 saturated carbocycles. The van der Waals surface area contributed by atoms with E-state index in [0.717, 1.165) is 25.7 Å². The van der Waals surface area contributed by atoms with Gasteiger partial charge in [0.2, 0.25) is 0 Å². The molecule has 0 aliphatic heterocycles. The molecule has 0 heterocycles. The molecule has 0 atom stereocenters. The lowest BCUT2D eigenvalue weighted by molar-refractivity contribution is 1.04. The van der Waals surface area contributed by atoms with E-state index in [-0.39, 0.29) is 0 Å². The summed E-state index contributed by atoms with van der Waals surface area (Å²) in [6.07, 6.45) is 4.33. The number of aryl methyl sites for hydroxylation is 3. The molecule has 0 N–H and O–H groups in total. The molecule has 0 aromatic heterocycles. The van der Waals surface area contributed by atoms with Crippen LogP contribution in [-0.2, 0) is 25.7 Å². The molecule has 0 saturated heterocycles. The Morgan fingerprint density at radius 3 is 1.87 bits per heavy atom. The van der Waals surface area contributed by atoms with Crippen LogP contribution in [0.2, 0.25) is 0 Å². The van der Waals surface area contributed by atoms with Gasteiger partial charge in [-0.05, 0) is 64.3 Å². The molecule has 0 amide bonds. The lowest BCUT2D eigenvalue weighted by atomic mass is 9.92. The summed E-state index contributed by atoms with van der Waals surface area (Å²) in [5.41, 5.74) is 7.29. The number of rotatable bonds is 5. The van der Waals surface area contributed by atoms with Gasteiger partial charge in [0.05, 0.1) is 0 Å². The van der Waals surface area contributed by atoms with Gasteiger partial charge in [-0.15, -0.1) is 0 Å². The van der Waals surface area contributed by atoms with Crippen LogP contribution < -0.4 is 0 Å². The molecule has 0 aliphatic carbocycles. The highest BCUT2D eigenvalue weighted by molar-refractivity contribution is 5.89. The number of benzene rings is 3. The van der Waals surface area contributed by atoms with E-state index in [9.17, 15) is 0 Å². The first-order valence-corrected chi connectivity index (χ1v) is 8.87. The van der Waals surface area contributed by atoms with Gasteiger partial charge in [-0.3, -0.25) is 0 Å². The number of fused-ring (bicyclic) bond motifs is 1. The molecule has 0 bridgehead atoms. The van der Waals surface area contributed by atoms with Gasteiger partial charge >= 0.3 is 0 Å². The molecule has 0 spiro atoms. The van der Waals surface area contributed by atoms with Crippen molar-refractivity contribution >= 4 is 10.8 Å². The van der Waals surface area contributed by atoms with E-state index >= 15 is 0 Å². The van der Waals surface area contributed by atoms with Crippen LogP contribution >= 0.6 is 0 Å². The molecule has 0 heteroatoms. The number of hydrogen-bond acceptors (Lipinski definition) is 0. The maximum Gasteiger partial charge on any atom is -0.00169 e. The predicted octanol–water partition coefficient (Wildman–Crippen LogP) is 6.12. The van der Waals surface area contributed by atoms with E-state index in [2.05, 4.69) is 75.4 Å². The maximum atomic E-state index is 2.39. The second kappa shape index (κ2) is 7.00. The Hall–Kier alpha value is -2.08. The smallest absolute Gasteiger partial charge is 0.00169 e. The molecule has 3 aromatic carbocycles. The fourth-order valence-electron chi connectivity index (χ4n) is 3.51. The van der Waals surface area contributed by atoms with Gasteiger partial charge in [0.1, 0.15) is 0 Å². The normalized spacial score (nSPS) is 11.1. The van der Waals surface area contributed by atoms with Crippen molar-refractivity contribution in [3.8, 4) is 0 Å². The van der Waals surface area contributed by atoms with Gasteiger partial charge in [-0.2, -0.15) is 0 Å². The lowest BCUT2D eigenvalue weighted by Gasteiger charge is -2.13. The van der Waals surface area contributed by atoms with Gasteiger partial charge in [-0.25, -0.2) is 0 Å². The van der Waals surface area contributed by atoms with Gasteiger partial charge in [0, 0.05) is 0 Å². The van der Waals surface area contributed by atoms with Crippen LogP contribution in [0.25, 0.3) is 10.8 Å². The third-order valence-electron chi connectivity index (χ3n) is 4.92. The minimum atomic E-state index is 1.03. The second-order valence-electron chi connectivity index (χ2n) is 6.27. The lowest BCUT2D eigenvalue weighted by Crippen LogP contribution is -1.98. The van der Waals surface area contributed by atoms with Crippen molar-refractivity contribution in [1.29, 1.82) is 0 Å². The summed E-state index contributed by atoms with van der Waals surface area (Å²) in [5.74, 6) is 0. The largest absolute Gasteiger partial charge is 0.0613 e. The summed E-state index contributed by atoms with van der Waals surface area (Å²) in [6.45, 7) is 6.72. The molecule has 3 aromatic rings. The van der Waals surface area contributed by atoms with E-state index in [0.29, 0.717) is 0 Å². The fourth-order valence-corrected chi connectivity index (χ4v) is 3.51. The highest BCUT2D eigenvalue weighted by atomic mass is 14.1. The average Bonchev–Trinajstić information content (AvgIpc) is 2.61. The zero-order valence-corrected chi connectivity index (χ0v) is 14.5. The molecule has 118 valence electrons. The molecule has 0 fully saturated rings. The molecular weight excluding hydrogens is 276 g/mol. The summed E-state index contributed by atoms with van der Waals surface area (Å²) >= 11 is 0. The molecule has 23 heavy (non-hydrogen) atoms. The summed E-state index contributed by atoms with van der Waals surface area (Å²) < 4.78 is 0. The van der Waals surface area contributed by atoms with Crippen LogP contribution in [0.15, 0.2) is 54.6 Å². The predicted molar refractivity (Wildman–Crippen MR) is 101 cm³/mol. The van der Waals surface area contributed by atoms with Gasteiger partial charge in [-0.1, -0.05) is 75.4 Å². The highest BCUT2D eigenvalue weighted by Gasteiger charge is 2.08. The molecule has 0 radical (unpaired) electrons. The third-order valence-corrected chi connectivity index (χ3v) is 4.92. The minimum absolute atomic E-state index is 1.03. The van der Waals surface area contributed by atoms with E-state index in [1.165, 1.54) is 38.6 Å². The summed E-state index contributed by atoms with van der Waals surface area (Å²) in [7, 11) is 0. The standard InChI is InChI=1S/C23H26/c1-4-17-13-14-20(19(6-3)15-17)16-21-10-8-11-22-18(5-2)9-7-12-23(21)22/h7-15H,4-6,16H2,1-3H3. The van der Waals surface area contributed by atoms with Crippen molar-refractivity contribution in [3.05, 3.63) is 82.4 Å². The third kappa shape index (κ3) is 3.17. The minimum Gasteiger partial charge on any atom is -0.0613 e. The Bertz CT molecular complexity index is 811. The van der Waals surface area contributed by atoms with Crippen molar-refractivity contribution < 1.29 is 0 Å². The van der Waals surface area contributed by atoms with Crippen LogP contribution in [0.1, 0.15) is 48.6 Å². The Kier molecular flexibility index (Phi) is 4.81. The molecule has 0 unspecified atom stereocenters. The van der Waals surface area contributed by atoms with E-state index in [4.69, 9.17) is 0 Å². The summed E-state index contributed by atoms with van der Waals surface area (Å²) in [4.78, 5) is 0. The van der Waals surface area contributed by atoms with Crippen LogP contribution in [0.5, 0.6) is 0 Å². The van der Waals surface area contributed by atoms with Gasteiger partial charge < -0.3 is 0 Å². The first-order chi connectivity index (χ1) is 11.3. The maximum absolute atomic E-state index is 2.39. The van der Waals surface area contributed by atoms with Crippen molar-refractivity contribution in [3.63, 3.8) is 0 Å². The Morgan fingerprint density at radius 1 is 0.565 bits per heavy atom. The first kappa shape index (κ1) is 15.8. The first-order valence-electron chi connectivity index (χ1n) is 8.87. The monoisotopic (exact) mass is 302 g/mol. The van der Waals surface area contributed by atoms with Crippen molar-refractivity contribution in [2.75, 3.05) is 0 Å². The van der Waals surface area contributed by atoms with Crippen molar-refractivity contribution in [1.82, 2.24) is 0 Å². The van der Waals surface area contributed by atoms with Crippen LogP contribution in [-0.4, -0.2) is 0 Å². The molecule has 3 rings (SSSR count). The zero-order chi connectivity index (χ0) is 16.2. The Morgan fingerprint density at radius 2 is 1.22 bits per heavy atom. The topological polar surface area (TPSA) is 0 Å². The van der Waals surface area contributed by atoms with Crippen LogP contribution in [0, 0.1) is 0 Å². The van der Waals surface area contributed by atoms with Crippen LogP contribution in [0.4, 0.5) is 0 Å². The summed E-state index contributed by atoms with van der Waals surface area (Å²) in [6, 6.07) is 20.5. The van der Waals surface area contributed by atoms with Crippen LogP contribution in [0.3, 0.4) is 0 Å². The fraction of sp³-hybridized carbons (Fsp3) is 0.304. The Labute approximate surface area is 140 Å². The molecule has 0 nitrogen and oxygen atoms in total. The van der Waals surface area contributed by atoms with Crippen molar-refractivity contribution in [2.45, 2.75) is 46.5 Å². The molecular formula is C23H26. The highest BCUT2D eigenvalue weighted by Crippen LogP contribution is 2.26. The van der Waals surface area contributed by atoms with Crippen molar-refractivity contribution in [2.24, 2.45) is 0 Å². The number of hydrogen-bond donors (Lipinski definition) is 0. The summed E-state index contributed by atoms with van der Waals surface area (Å²) in [5, 5.41) is 2.82. The quantitative estimate of drug-likeness (QED) is 0.533. The van der Waals surface area contributed by atoms with E-state index in [1.807, 2.05) is 0 Å². The van der Waals surface area contributed by atoms with Gasteiger partial charge in [0.25, 0.3) is 0 Å². The van der Waals surface area contributed by atoms with E-state index in [1.54, 1.807) is 0 Å². The second-order valence-corrected chi connectivity index (χ2v) is 6.27. The zero-order valence-electron chi connectivity index (χ0n) is 14.5. The SMILES string of the molecule is CCc1ccc(Cc2cccc3c(CC)cccc23)c(CC)c1. The Balaban J connectivity index is 2.05.